The maximum Gasteiger partial charge on any atom is 0.239 e. The monoisotopic (exact) mass is 306 g/mol. The Morgan fingerprint density at radius 3 is 2.50 bits per heavy atom. The first-order valence-corrected chi connectivity index (χ1v) is 7.19. The maximum atomic E-state index is 12.5. The smallest absolute Gasteiger partial charge is 0.239 e. The van der Waals surface area contributed by atoms with Gasteiger partial charge in [0.25, 0.3) is 0 Å². The first-order valence-electron chi connectivity index (χ1n) is 7.19. The fraction of sp³-hybridized carbons (Fsp3) is 0.929. The number of nitrogens with two attached hydrogens (primary N) is 1. The molecule has 2 aliphatic heterocycles. The Morgan fingerprint density at radius 2 is 1.95 bits per heavy atom. The molecule has 118 valence electrons. The minimum absolute atomic E-state index is 0. The van der Waals surface area contributed by atoms with E-state index < -0.39 is 6.04 Å². The third-order valence-corrected chi connectivity index (χ3v) is 3.94. The van der Waals surface area contributed by atoms with Crippen molar-refractivity contribution in [2.45, 2.75) is 51.4 Å². The first kappa shape index (κ1) is 17.7. The van der Waals surface area contributed by atoms with Crippen molar-refractivity contribution in [3.63, 3.8) is 0 Å². The number of halogens is 1. The highest BCUT2D eigenvalue weighted by Crippen LogP contribution is 2.24. The zero-order valence-corrected chi connectivity index (χ0v) is 13.4. The second-order valence-corrected chi connectivity index (χ2v) is 6.38. The van der Waals surface area contributed by atoms with Gasteiger partial charge in [0.05, 0.1) is 17.7 Å². The fourth-order valence-corrected chi connectivity index (χ4v) is 3.11. The Hall–Kier alpha value is -0.360. The molecule has 0 aromatic rings. The minimum Gasteiger partial charge on any atom is -0.381 e. The Bertz CT molecular complexity index is 332. The molecule has 2 saturated heterocycles. The lowest BCUT2D eigenvalue weighted by Gasteiger charge is -2.43. The molecule has 2 heterocycles. The number of carbonyl (C=O) groups excluding carboxylic acids is 1. The van der Waals surface area contributed by atoms with Crippen molar-refractivity contribution in [1.82, 2.24) is 4.90 Å². The highest BCUT2D eigenvalue weighted by Gasteiger charge is 2.37. The second-order valence-electron chi connectivity index (χ2n) is 6.38. The number of hydrogen-bond donors (Lipinski definition) is 1. The van der Waals surface area contributed by atoms with E-state index >= 15 is 0 Å². The summed E-state index contributed by atoms with van der Waals surface area (Å²) in [5.41, 5.74) is 5.88. The predicted octanol–water partition coefficient (Wildman–Crippen LogP) is 1.19. The normalized spacial score (nSPS) is 28.6. The number of ether oxygens (including phenoxy) is 2. The van der Waals surface area contributed by atoms with Crippen LogP contribution in [0.2, 0.25) is 0 Å². The highest BCUT2D eigenvalue weighted by molar-refractivity contribution is 5.85. The van der Waals surface area contributed by atoms with Gasteiger partial charge in [-0.05, 0) is 39.5 Å². The largest absolute Gasteiger partial charge is 0.381 e. The molecule has 0 spiro atoms. The van der Waals surface area contributed by atoms with Crippen molar-refractivity contribution < 1.29 is 14.3 Å². The van der Waals surface area contributed by atoms with Gasteiger partial charge in [-0.15, -0.1) is 12.4 Å². The number of amides is 1. The minimum atomic E-state index is -0.398. The lowest BCUT2D eigenvalue weighted by atomic mass is 9.91. The Labute approximate surface area is 127 Å². The van der Waals surface area contributed by atoms with Crippen LogP contribution in [0.4, 0.5) is 0 Å². The average molecular weight is 307 g/mol. The molecule has 2 rings (SSSR count). The fourth-order valence-electron chi connectivity index (χ4n) is 3.11. The van der Waals surface area contributed by atoms with Crippen LogP contribution in [0.25, 0.3) is 0 Å². The Kier molecular flexibility index (Phi) is 6.25. The van der Waals surface area contributed by atoms with E-state index in [0.717, 1.165) is 26.1 Å². The third-order valence-electron chi connectivity index (χ3n) is 3.94. The van der Waals surface area contributed by atoms with Crippen LogP contribution in [0, 0.1) is 5.92 Å². The summed E-state index contributed by atoms with van der Waals surface area (Å²) in [6, 6.07) is -0.398. The number of carbonyl (C=O) groups is 1. The molecule has 0 aromatic carbocycles. The van der Waals surface area contributed by atoms with Crippen LogP contribution in [0.1, 0.15) is 33.6 Å². The number of nitrogens with zero attached hydrogens (tertiary/aromatic N) is 1. The maximum absolute atomic E-state index is 12.5. The van der Waals surface area contributed by atoms with Crippen molar-refractivity contribution in [2.75, 3.05) is 26.3 Å². The molecule has 1 amide bonds. The molecule has 2 fully saturated rings. The Morgan fingerprint density at radius 1 is 1.35 bits per heavy atom. The summed E-state index contributed by atoms with van der Waals surface area (Å²) in [5.74, 6) is 0.317. The summed E-state index contributed by atoms with van der Waals surface area (Å²) in [6.07, 6.45) is 1.83. The topological polar surface area (TPSA) is 64.8 Å². The van der Waals surface area contributed by atoms with E-state index in [-0.39, 0.29) is 35.9 Å². The van der Waals surface area contributed by atoms with E-state index in [9.17, 15) is 4.79 Å². The molecule has 6 heteroatoms. The van der Waals surface area contributed by atoms with Crippen molar-refractivity contribution >= 4 is 18.3 Å². The number of morpholine rings is 1. The van der Waals surface area contributed by atoms with Crippen LogP contribution in [0.3, 0.4) is 0 Å². The summed E-state index contributed by atoms with van der Waals surface area (Å²) in [6.45, 7) is 8.73. The van der Waals surface area contributed by atoms with Crippen molar-refractivity contribution in [3.05, 3.63) is 0 Å². The van der Waals surface area contributed by atoms with E-state index in [2.05, 4.69) is 0 Å². The van der Waals surface area contributed by atoms with Crippen molar-refractivity contribution in [1.29, 1.82) is 0 Å². The van der Waals surface area contributed by atoms with Gasteiger partial charge in [0.2, 0.25) is 5.91 Å². The van der Waals surface area contributed by atoms with Gasteiger partial charge in [-0.2, -0.15) is 0 Å². The van der Waals surface area contributed by atoms with Gasteiger partial charge in [-0.3, -0.25) is 4.79 Å². The summed E-state index contributed by atoms with van der Waals surface area (Å²) in [7, 11) is 0. The average Bonchev–Trinajstić information content (AvgIpc) is 2.35. The van der Waals surface area contributed by atoms with Crippen molar-refractivity contribution in [2.24, 2.45) is 11.7 Å². The zero-order chi connectivity index (χ0) is 14.0. The van der Waals surface area contributed by atoms with E-state index in [4.69, 9.17) is 15.2 Å². The van der Waals surface area contributed by atoms with Crippen molar-refractivity contribution in [3.8, 4) is 0 Å². The van der Waals surface area contributed by atoms with Crippen LogP contribution in [-0.2, 0) is 14.3 Å². The molecule has 2 N–H and O–H groups in total. The Balaban J connectivity index is 0.00000200. The third kappa shape index (κ3) is 4.32. The van der Waals surface area contributed by atoms with Gasteiger partial charge in [-0.25, -0.2) is 0 Å². The molecule has 2 atom stereocenters. The van der Waals surface area contributed by atoms with Crippen LogP contribution in [0.5, 0.6) is 0 Å². The lowest BCUT2D eigenvalue weighted by molar-refractivity contribution is -0.160. The van der Waals surface area contributed by atoms with Crippen LogP contribution in [-0.4, -0.2) is 54.9 Å². The standard InChI is InChI=1S/C14H26N2O3.ClH/c1-10-8-16(9-14(2,3)19-10)13(17)12(15)11-4-6-18-7-5-11;/h10-12H,4-9,15H2,1-3H3;1H. The van der Waals surface area contributed by atoms with E-state index in [1.165, 1.54) is 0 Å². The first-order chi connectivity index (χ1) is 8.89. The van der Waals surface area contributed by atoms with Gasteiger partial charge in [0, 0.05) is 26.3 Å². The van der Waals surface area contributed by atoms with E-state index in [1.54, 1.807) is 0 Å². The van der Waals surface area contributed by atoms with Gasteiger partial charge < -0.3 is 20.1 Å². The second kappa shape index (κ2) is 7.07. The van der Waals surface area contributed by atoms with Gasteiger partial charge >= 0.3 is 0 Å². The summed E-state index contributed by atoms with van der Waals surface area (Å²) in [4.78, 5) is 14.4. The van der Waals surface area contributed by atoms with E-state index in [1.807, 2.05) is 25.7 Å². The molecule has 2 aliphatic rings. The van der Waals surface area contributed by atoms with Gasteiger partial charge in [0.1, 0.15) is 0 Å². The molecule has 0 saturated carbocycles. The zero-order valence-electron chi connectivity index (χ0n) is 12.6. The SMILES string of the molecule is CC1CN(C(=O)C(N)C2CCOCC2)CC(C)(C)O1.Cl. The van der Waals surface area contributed by atoms with Crippen LogP contribution in [0.15, 0.2) is 0 Å². The van der Waals surface area contributed by atoms with Gasteiger partial charge in [0.15, 0.2) is 0 Å². The van der Waals surface area contributed by atoms with Gasteiger partial charge in [-0.1, -0.05) is 0 Å². The van der Waals surface area contributed by atoms with Crippen LogP contribution >= 0.6 is 12.4 Å². The molecule has 0 radical (unpaired) electrons. The lowest BCUT2D eigenvalue weighted by Crippen LogP contribution is -2.58. The predicted molar refractivity (Wildman–Crippen MR) is 80.0 cm³/mol. The molecule has 0 aliphatic carbocycles. The highest BCUT2D eigenvalue weighted by atomic mass is 35.5. The molecule has 20 heavy (non-hydrogen) atoms. The summed E-state index contributed by atoms with van der Waals surface area (Å²) < 4.78 is 11.1. The van der Waals surface area contributed by atoms with E-state index in [0.29, 0.717) is 13.1 Å². The van der Waals surface area contributed by atoms with Crippen LogP contribution < -0.4 is 5.73 Å². The summed E-state index contributed by atoms with van der Waals surface area (Å²) in [5, 5.41) is 0. The number of hydrogen-bond acceptors (Lipinski definition) is 4. The molecular weight excluding hydrogens is 280 g/mol. The molecular formula is C14H27ClN2O3. The number of rotatable bonds is 2. The molecule has 2 unspecified atom stereocenters. The summed E-state index contributed by atoms with van der Waals surface area (Å²) >= 11 is 0. The molecule has 5 nitrogen and oxygen atoms in total. The quantitative estimate of drug-likeness (QED) is 0.832. The molecule has 0 bridgehead atoms. The molecule has 0 aromatic heterocycles.